The van der Waals surface area contributed by atoms with Crippen LogP contribution in [0.5, 0.6) is 11.5 Å². The van der Waals surface area contributed by atoms with Crippen LogP contribution in [-0.2, 0) is 29.5 Å². The van der Waals surface area contributed by atoms with Gasteiger partial charge in [0.15, 0.2) is 11.6 Å². The van der Waals surface area contributed by atoms with Gasteiger partial charge < -0.3 is 9.30 Å². The van der Waals surface area contributed by atoms with Crippen LogP contribution in [0, 0.1) is 11.6 Å². The molecule has 0 unspecified atom stereocenters. The zero-order valence-corrected chi connectivity index (χ0v) is 20.6. The van der Waals surface area contributed by atoms with Crippen molar-refractivity contribution in [3.05, 3.63) is 95.9 Å². The third-order valence-electron chi connectivity index (χ3n) is 5.77. The smallest absolute Gasteiger partial charge is 0.166 e. The second-order valence-electron chi connectivity index (χ2n) is 8.56. The fourth-order valence-corrected chi connectivity index (χ4v) is 5.10. The molecular weight excluding hydrogens is 496 g/mol. The molecule has 0 fully saturated rings. The van der Waals surface area contributed by atoms with Crippen molar-refractivity contribution in [2.45, 2.75) is 19.3 Å². The molecule has 0 amide bonds. The van der Waals surface area contributed by atoms with E-state index in [0.717, 1.165) is 15.4 Å². The summed E-state index contributed by atoms with van der Waals surface area (Å²) < 4.78 is 37.2. The Kier molecular flexibility index (Phi) is 6.87. The Morgan fingerprint density at radius 2 is 1.73 bits per heavy atom. The number of fused-ring (bicyclic) bond motifs is 1. The minimum atomic E-state index is -0.631. The number of nitrogens with zero attached hydrogens (tertiary/aromatic N) is 3. The lowest BCUT2D eigenvalue weighted by molar-refractivity contribution is -0.126. The molecule has 37 heavy (non-hydrogen) atoms. The summed E-state index contributed by atoms with van der Waals surface area (Å²) >= 11 is 1.45. The minimum absolute atomic E-state index is 0.00581. The van der Waals surface area contributed by atoms with Gasteiger partial charge in [0.1, 0.15) is 29.0 Å². The van der Waals surface area contributed by atoms with E-state index in [0.29, 0.717) is 16.8 Å². The van der Waals surface area contributed by atoms with Gasteiger partial charge in [-0.1, -0.05) is 24.3 Å². The number of hydrogen-bond donors (Lipinski definition) is 0. The SMILES string of the molecule is Cn1ccnc1-c1cc2nccc(Oc3ccc(CC(=O)CC(=O)Cc4ccccc4F)cc3F)c2s1. The molecule has 3 heterocycles. The highest BCUT2D eigenvalue weighted by molar-refractivity contribution is 7.22. The third kappa shape index (κ3) is 5.46. The monoisotopic (exact) mass is 517 g/mol. The maximum Gasteiger partial charge on any atom is 0.166 e. The number of pyridine rings is 1. The molecule has 3 aromatic heterocycles. The molecule has 0 radical (unpaired) electrons. The molecule has 2 aromatic carbocycles. The van der Waals surface area contributed by atoms with E-state index in [2.05, 4.69) is 9.97 Å². The summed E-state index contributed by atoms with van der Waals surface area (Å²) in [4.78, 5) is 34.2. The molecule has 5 rings (SSSR count). The molecule has 5 aromatic rings. The number of benzene rings is 2. The van der Waals surface area contributed by atoms with Gasteiger partial charge >= 0.3 is 0 Å². The van der Waals surface area contributed by atoms with Crippen molar-refractivity contribution in [1.82, 2.24) is 14.5 Å². The summed E-state index contributed by atoms with van der Waals surface area (Å²) in [6.45, 7) is 0. The van der Waals surface area contributed by atoms with E-state index < -0.39 is 17.4 Å². The van der Waals surface area contributed by atoms with E-state index in [1.807, 2.05) is 23.9 Å². The highest BCUT2D eigenvalue weighted by atomic mass is 32.1. The largest absolute Gasteiger partial charge is 0.453 e. The van der Waals surface area contributed by atoms with E-state index in [4.69, 9.17) is 4.74 Å². The van der Waals surface area contributed by atoms with E-state index in [1.165, 1.54) is 41.7 Å². The number of rotatable bonds is 9. The van der Waals surface area contributed by atoms with Gasteiger partial charge in [-0.3, -0.25) is 14.6 Å². The predicted molar refractivity (Wildman–Crippen MR) is 137 cm³/mol. The van der Waals surface area contributed by atoms with Crippen molar-refractivity contribution in [3.63, 3.8) is 0 Å². The number of thiophene rings is 1. The average Bonchev–Trinajstić information content (AvgIpc) is 3.48. The molecular formula is C28H21F2N3O3S. The first kappa shape index (κ1) is 24.5. The topological polar surface area (TPSA) is 74.1 Å². The Labute approximate surface area is 215 Å². The highest BCUT2D eigenvalue weighted by Crippen LogP contribution is 2.39. The van der Waals surface area contributed by atoms with Gasteiger partial charge in [0, 0.05) is 44.5 Å². The van der Waals surface area contributed by atoms with E-state index in [-0.39, 0.29) is 36.4 Å². The van der Waals surface area contributed by atoms with Crippen molar-refractivity contribution < 1.29 is 23.1 Å². The number of carbonyl (C=O) groups is 2. The molecule has 0 spiro atoms. The van der Waals surface area contributed by atoms with Crippen LogP contribution in [-0.4, -0.2) is 26.1 Å². The summed E-state index contributed by atoms with van der Waals surface area (Å²) in [5.74, 6) is -0.620. The lowest BCUT2D eigenvalue weighted by Gasteiger charge is -2.09. The molecule has 6 nitrogen and oxygen atoms in total. The number of hydrogen-bond acceptors (Lipinski definition) is 6. The summed E-state index contributed by atoms with van der Waals surface area (Å²) in [5, 5.41) is 0. The average molecular weight is 518 g/mol. The molecule has 9 heteroatoms. The number of imidazole rings is 1. The number of halogens is 2. The Morgan fingerprint density at radius 3 is 2.49 bits per heavy atom. The summed E-state index contributed by atoms with van der Waals surface area (Å²) in [7, 11) is 1.90. The van der Waals surface area contributed by atoms with E-state index in [1.54, 1.807) is 30.6 Å². The summed E-state index contributed by atoms with van der Waals surface area (Å²) in [6.07, 6.45) is 4.54. The van der Waals surface area contributed by atoms with Crippen LogP contribution in [0.1, 0.15) is 17.5 Å². The lowest BCUT2D eigenvalue weighted by atomic mass is 10.0. The van der Waals surface area contributed by atoms with Gasteiger partial charge in [-0.25, -0.2) is 13.8 Å². The first-order valence-corrected chi connectivity index (χ1v) is 12.3. The quantitative estimate of drug-likeness (QED) is 0.222. The zero-order valence-electron chi connectivity index (χ0n) is 19.8. The Morgan fingerprint density at radius 1 is 0.919 bits per heavy atom. The molecule has 0 N–H and O–H groups in total. The first-order valence-electron chi connectivity index (χ1n) is 11.5. The first-order chi connectivity index (χ1) is 17.9. The Balaban J connectivity index is 1.26. The summed E-state index contributed by atoms with van der Waals surface area (Å²) in [6, 6.07) is 13.8. The number of carbonyl (C=O) groups excluding carboxylic acids is 2. The van der Waals surface area contributed by atoms with Gasteiger partial charge in [-0.2, -0.15) is 0 Å². The standard InChI is InChI=1S/C28H21F2N3O3S/c1-33-11-10-32-28(33)26-16-23-27(37-26)25(8-9-31-23)36-24-7-6-17(13-22(24)30)12-19(34)15-20(35)14-18-4-2-3-5-21(18)29/h2-11,13,16H,12,14-15H2,1H3. The van der Waals surface area contributed by atoms with Gasteiger partial charge in [0.25, 0.3) is 0 Å². The van der Waals surface area contributed by atoms with Crippen LogP contribution in [0.15, 0.2) is 73.2 Å². The minimum Gasteiger partial charge on any atom is -0.453 e. The molecule has 0 saturated carbocycles. The van der Waals surface area contributed by atoms with Gasteiger partial charge in [-0.15, -0.1) is 11.3 Å². The second kappa shape index (κ2) is 10.4. The Bertz CT molecular complexity index is 1630. The lowest BCUT2D eigenvalue weighted by Crippen LogP contribution is -2.13. The number of aryl methyl sites for hydroxylation is 1. The van der Waals surface area contributed by atoms with Crippen molar-refractivity contribution in [3.8, 4) is 22.2 Å². The van der Waals surface area contributed by atoms with Crippen molar-refractivity contribution in [2.75, 3.05) is 0 Å². The number of ether oxygens (including phenoxy) is 1. The van der Waals surface area contributed by atoms with Crippen molar-refractivity contribution in [2.24, 2.45) is 7.05 Å². The zero-order chi connectivity index (χ0) is 25.9. The highest BCUT2D eigenvalue weighted by Gasteiger charge is 2.17. The van der Waals surface area contributed by atoms with Crippen LogP contribution in [0.25, 0.3) is 20.9 Å². The number of Topliss-reactive ketones (excluding diaryl/α,β-unsaturated/α-hetero) is 2. The van der Waals surface area contributed by atoms with Crippen molar-refractivity contribution in [1.29, 1.82) is 0 Å². The predicted octanol–water partition coefficient (Wildman–Crippen LogP) is 6.08. The van der Waals surface area contributed by atoms with Crippen LogP contribution >= 0.6 is 11.3 Å². The van der Waals surface area contributed by atoms with Gasteiger partial charge in [0.2, 0.25) is 0 Å². The molecule has 186 valence electrons. The molecule has 0 bridgehead atoms. The van der Waals surface area contributed by atoms with Gasteiger partial charge in [0.05, 0.1) is 21.5 Å². The number of aromatic nitrogens is 3. The second-order valence-corrected chi connectivity index (χ2v) is 9.61. The maximum atomic E-state index is 14.9. The third-order valence-corrected chi connectivity index (χ3v) is 6.91. The van der Waals surface area contributed by atoms with Crippen LogP contribution < -0.4 is 4.74 Å². The molecule has 0 aliphatic heterocycles. The number of ketones is 2. The van der Waals surface area contributed by atoms with Crippen molar-refractivity contribution >= 4 is 33.1 Å². The van der Waals surface area contributed by atoms with E-state index >= 15 is 0 Å². The molecule has 0 saturated heterocycles. The van der Waals surface area contributed by atoms with Crippen LogP contribution in [0.3, 0.4) is 0 Å². The van der Waals surface area contributed by atoms with Gasteiger partial charge in [-0.05, 0) is 35.4 Å². The molecule has 0 aliphatic carbocycles. The fraction of sp³-hybridized carbons (Fsp3) is 0.143. The van der Waals surface area contributed by atoms with E-state index in [9.17, 15) is 18.4 Å². The molecule has 0 aliphatic rings. The maximum absolute atomic E-state index is 14.9. The van der Waals surface area contributed by atoms with Crippen LogP contribution in [0.2, 0.25) is 0 Å². The summed E-state index contributed by atoms with van der Waals surface area (Å²) in [5.41, 5.74) is 1.38. The fourth-order valence-electron chi connectivity index (χ4n) is 3.99. The Hall–Kier alpha value is -4.24. The van der Waals surface area contributed by atoms with Crippen LogP contribution in [0.4, 0.5) is 8.78 Å². The normalized spacial score (nSPS) is 11.1. The molecule has 0 atom stereocenters.